The third kappa shape index (κ3) is 2.68. The molecule has 20 heavy (non-hydrogen) atoms. The van der Waals surface area contributed by atoms with Crippen LogP contribution in [0.5, 0.6) is 5.75 Å². The molecule has 0 amide bonds. The van der Waals surface area contributed by atoms with Crippen molar-refractivity contribution in [3.63, 3.8) is 0 Å². The summed E-state index contributed by atoms with van der Waals surface area (Å²) < 4.78 is 11.7. The molecule has 0 saturated carbocycles. The van der Waals surface area contributed by atoms with Crippen molar-refractivity contribution < 1.29 is 9.47 Å². The second-order valence-electron chi connectivity index (χ2n) is 5.66. The molecule has 3 unspecified atom stereocenters. The van der Waals surface area contributed by atoms with E-state index in [1.165, 1.54) is 6.42 Å². The maximum atomic E-state index is 6.48. The van der Waals surface area contributed by atoms with Crippen molar-refractivity contribution >= 4 is 0 Å². The van der Waals surface area contributed by atoms with Crippen LogP contribution in [0.25, 0.3) is 0 Å². The molecule has 0 spiro atoms. The monoisotopic (exact) mass is 276 g/mol. The van der Waals surface area contributed by atoms with Crippen LogP contribution in [-0.4, -0.2) is 43.3 Å². The minimum Gasteiger partial charge on any atom is -0.492 e. The largest absolute Gasteiger partial charge is 0.492 e. The van der Waals surface area contributed by atoms with E-state index in [-0.39, 0.29) is 12.1 Å². The Bertz CT molecular complexity index is 450. The van der Waals surface area contributed by atoms with E-state index in [1.54, 1.807) is 0 Å². The molecule has 110 valence electrons. The van der Waals surface area contributed by atoms with Gasteiger partial charge in [-0.1, -0.05) is 18.2 Å². The standard InChI is InChI=1S/C16H24N2O2/c1-2-19-12-6-5-9-18(10-12)14-11-20-15-8-4-3-7-13(15)16(14)17/h3-4,7-8,12,14,16H,2,5-6,9-11,17H2,1H3. The van der Waals surface area contributed by atoms with Gasteiger partial charge < -0.3 is 15.2 Å². The van der Waals surface area contributed by atoms with Crippen LogP contribution in [0.1, 0.15) is 31.4 Å². The lowest BCUT2D eigenvalue weighted by Gasteiger charge is -2.42. The van der Waals surface area contributed by atoms with Gasteiger partial charge in [-0.25, -0.2) is 0 Å². The minimum absolute atomic E-state index is 0.0281. The summed E-state index contributed by atoms with van der Waals surface area (Å²) in [4.78, 5) is 2.45. The van der Waals surface area contributed by atoms with Crippen LogP contribution < -0.4 is 10.5 Å². The average molecular weight is 276 g/mol. The summed E-state index contributed by atoms with van der Waals surface area (Å²) in [7, 11) is 0. The van der Waals surface area contributed by atoms with Crippen LogP contribution in [-0.2, 0) is 4.74 Å². The van der Waals surface area contributed by atoms with Gasteiger partial charge in [0.25, 0.3) is 0 Å². The van der Waals surface area contributed by atoms with E-state index >= 15 is 0 Å². The predicted molar refractivity (Wildman–Crippen MR) is 78.9 cm³/mol. The normalized spacial score (nSPS) is 30.6. The third-order valence-corrected chi connectivity index (χ3v) is 4.38. The molecule has 4 heteroatoms. The quantitative estimate of drug-likeness (QED) is 0.916. The number of piperidine rings is 1. The lowest BCUT2D eigenvalue weighted by Crippen LogP contribution is -2.53. The molecule has 0 bridgehead atoms. The van der Waals surface area contributed by atoms with Gasteiger partial charge in [0.2, 0.25) is 0 Å². The Morgan fingerprint density at radius 3 is 3.10 bits per heavy atom. The van der Waals surface area contributed by atoms with Gasteiger partial charge in [-0.15, -0.1) is 0 Å². The van der Waals surface area contributed by atoms with Crippen molar-refractivity contribution in [2.45, 2.75) is 38.0 Å². The molecule has 0 radical (unpaired) electrons. The van der Waals surface area contributed by atoms with Crippen molar-refractivity contribution in [1.29, 1.82) is 0 Å². The van der Waals surface area contributed by atoms with E-state index in [2.05, 4.69) is 17.9 Å². The number of para-hydroxylation sites is 1. The first-order chi connectivity index (χ1) is 9.79. The molecule has 1 aromatic carbocycles. The average Bonchev–Trinajstić information content (AvgIpc) is 2.48. The maximum absolute atomic E-state index is 6.48. The number of benzene rings is 1. The highest BCUT2D eigenvalue weighted by molar-refractivity contribution is 5.38. The van der Waals surface area contributed by atoms with Gasteiger partial charge in [0.1, 0.15) is 12.4 Å². The molecular formula is C16H24N2O2. The van der Waals surface area contributed by atoms with Crippen molar-refractivity contribution in [2.24, 2.45) is 5.73 Å². The fraction of sp³-hybridized carbons (Fsp3) is 0.625. The molecule has 2 aliphatic heterocycles. The van der Waals surface area contributed by atoms with Crippen molar-refractivity contribution in [3.8, 4) is 5.75 Å². The topological polar surface area (TPSA) is 47.7 Å². The number of rotatable bonds is 3. The predicted octanol–water partition coefficient (Wildman–Crippen LogP) is 1.95. The molecule has 3 rings (SSSR count). The van der Waals surface area contributed by atoms with E-state index in [0.29, 0.717) is 12.7 Å². The molecule has 1 saturated heterocycles. The lowest BCUT2D eigenvalue weighted by molar-refractivity contribution is -0.0214. The van der Waals surface area contributed by atoms with E-state index < -0.39 is 0 Å². The van der Waals surface area contributed by atoms with Crippen LogP contribution in [0.2, 0.25) is 0 Å². The van der Waals surface area contributed by atoms with Crippen LogP contribution in [0.4, 0.5) is 0 Å². The number of hydrogen-bond donors (Lipinski definition) is 1. The Hall–Kier alpha value is -1.10. The molecule has 2 N–H and O–H groups in total. The zero-order valence-corrected chi connectivity index (χ0v) is 12.1. The third-order valence-electron chi connectivity index (χ3n) is 4.38. The molecule has 2 aliphatic rings. The second kappa shape index (κ2) is 6.12. The fourth-order valence-corrected chi connectivity index (χ4v) is 3.35. The first-order valence-electron chi connectivity index (χ1n) is 7.62. The highest BCUT2D eigenvalue weighted by atomic mass is 16.5. The van der Waals surface area contributed by atoms with Crippen molar-refractivity contribution in [1.82, 2.24) is 4.90 Å². The maximum Gasteiger partial charge on any atom is 0.124 e. The molecule has 1 aromatic rings. The van der Waals surface area contributed by atoms with Gasteiger partial charge in [-0.05, 0) is 32.4 Å². The summed E-state index contributed by atoms with van der Waals surface area (Å²) in [6.07, 6.45) is 2.68. The van der Waals surface area contributed by atoms with Gasteiger partial charge in [-0.3, -0.25) is 4.90 Å². The van der Waals surface area contributed by atoms with Crippen molar-refractivity contribution in [2.75, 3.05) is 26.3 Å². The minimum atomic E-state index is 0.0281. The number of hydrogen-bond acceptors (Lipinski definition) is 4. The summed E-state index contributed by atoms with van der Waals surface area (Å²) in [5, 5.41) is 0. The second-order valence-corrected chi connectivity index (χ2v) is 5.66. The molecule has 2 heterocycles. The fourth-order valence-electron chi connectivity index (χ4n) is 3.35. The van der Waals surface area contributed by atoms with Gasteiger partial charge in [0.05, 0.1) is 18.2 Å². The number of ether oxygens (including phenoxy) is 2. The molecule has 0 aliphatic carbocycles. The number of nitrogens with zero attached hydrogens (tertiary/aromatic N) is 1. The van der Waals surface area contributed by atoms with Gasteiger partial charge in [0.15, 0.2) is 0 Å². The zero-order valence-electron chi connectivity index (χ0n) is 12.1. The molecular weight excluding hydrogens is 252 g/mol. The van der Waals surface area contributed by atoms with Crippen molar-refractivity contribution in [3.05, 3.63) is 29.8 Å². The summed E-state index contributed by atoms with van der Waals surface area (Å²) in [5.41, 5.74) is 7.61. The molecule has 1 fully saturated rings. The van der Waals surface area contributed by atoms with Gasteiger partial charge >= 0.3 is 0 Å². The zero-order chi connectivity index (χ0) is 13.9. The summed E-state index contributed by atoms with van der Waals surface area (Å²) in [5.74, 6) is 0.939. The van der Waals surface area contributed by atoms with E-state index in [9.17, 15) is 0 Å². The molecule has 4 nitrogen and oxygen atoms in total. The number of likely N-dealkylation sites (tertiary alicyclic amines) is 1. The highest BCUT2D eigenvalue weighted by Gasteiger charge is 2.34. The Kier molecular flexibility index (Phi) is 4.24. The van der Waals surface area contributed by atoms with Gasteiger partial charge in [0, 0.05) is 18.7 Å². The summed E-state index contributed by atoms with van der Waals surface area (Å²) in [6.45, 7) is 5.58. The van der Waals surface area contributed by atoms with Crippen LogP contribution in [0.3, 0.4) is 0 Å². The van der Waals surface area contributed by atoms with Gasteiger partial charge in [-0.2, -0.15) is 0 Å². The highest BCUT2D eigenvalue weighted by Crippen LogP contribution is 2.33. The molecule has 3 atom stereocenters. The number of nitrogens with two attached hydrogens (primary N) is 1. The smallest absolute Gasteiger partial charge is 0.124 e. The Balaban J connectivity index is 1.72. The van der Waals surface area contributed by atoms with E-state index in [1.807, 2.05) is 18.2 Å². The summed E-state index contributed by atoms with van der Waals surface area (Å²) >= 11 is 0. The molecule has 0 aromatic heterocycles. The Morgan fingerprint density at radius 2 is 2.25 bits per heavy atom. The first-order valence-corrected chi connectivity index (χ1v) is 7.62. The Labute approximate surface area is 120 Å². The lowest BCUT2D eigenvalue weighted by atomic mass is 9.94. The van der Waals surface area contributed by atoms with Crippen LogP contribution in [0.15, 0.2) is 24.3 Å². The van der Waals surface area contributed by atoms with E-state index in [0.717, 1.165) is 37.4 Å². The van der Waals surface area contributed by atoms with Crippen LogP contribution >= 0.6 is 0 Å². The van der Waals surface area contributed by atoms with E-state index in [4.69, 9.17) is 15.2 Å². The Morgan fingerprint density at radius 1 is 1.40 bits per heavy atom. The SMILES string of the molecule is CCOC1CCCN(C2COc3ccccc3C2N)C1. The van der Waals surface area contributed by atoms with Crippen LogP contribution in [0, 0.1) is 0 Å². The first kappa shape index (κ1) is 13.9. The summed E-state index contributed by atoms with van der Waals surface area (Å²) in [6, 6.07) is 8.40. The number of fused-ring (bicyclic) bond motifs is 1.